The molecule has 0 spiro atoms. The molecule has 1 N–H and O–H groups in total. The van der Waals surface area contributed by atoms with Crippen molar-refractivity contribution in [2.24, 2.45) is 0 Å². The van der Waals surface area contributed by atoms with E-state index in [1.807, 2.05) is 12.1 Å². The number of esters is 1. The molecule has 33 heavy (non-hydrogen) atoms. The number of methoxy groups -OCH3 is 1. The van der Waals surface area contributed by atoms with Crippen molar-refractivity contribution in [2.75, 3.05) is 18.4 Å². The van der Waals surface area contributed by atoms with Crippen LogP contribution in [-0.2, 0) is 21.2 Å². The first kappa shape index (κ1) is 22.7. The molecule has 1 aromatic heterocycles. The van der Waals surface area contributed by atoms with E-state index in [4.69, 9.17) is 25.5 Å². The van der Waals surface area contributed by atoms with Crippen molar-refractivity contribution in [3.63, 3.8) is 0 Å². The number of ether oxygens (including phenoxy) is 2. The highest BCUT2D eigenvalue weighted by Gasteiger charge is 2.22. The maximum Gasteiger partial charge on any atom is 0.338 e. The number of halogens is 1. The Bertz CT molecular complexity index is 1380. The minimum Gasteiger partial charge on any atom is -0.491 e. The molecule has 0 unspecified atom stereocenters. The second-order valence-corrected chi connectivity index (χ2v) is 9.15. The molecular weight excluding hydrogens is 466 g/mol. The summed E-state index contributed by atoms with van der Waals surface area (Å²) in [5.74, 6) is -0.147. The summed E-state index contributed by atoms with van der Waals surface area (Å²) >= 11 is 6.09. The summed E-state index contributed by atoms with van der Waals surface area (Å²) in [5.41, 5.74) is 1.84. The van der Waals surface area contributed by atoms with Crippen molar-refractivity contribution >= 4 is 44.3 Å². The number of hydrogen-bond donors (Lipinski definition) is 1. The summed E-state index contributed by atoms with van der Waals surface area (Å²) in [6.07, 6.45) is 0.406. The third-order valence-electron chi connectivity index (χ3n) is 4.91. The molecule has 170 valence electrons. The lowest BCUT2D eigenvalue weighted by atomic mass is 10.1. The number of hydrogen-bond acceptors (Lipinski definition) is 6. The van der Waals surface area contributed by atoms with Crippen LogP contribution in [0.1, 0.15) is 15.9 Å². The van der Waals surface area contributed by atoms with Crippen molar-refractivity contribution in [1.82, 2.24) is 0 Å². The Labute approximate surface area is 195 Å². The SMILES string of the molecule is COC(=O)c1ccccc1CCOc1ccc(Cl)cc1NS(=O)(=O)c1cc2ccccc2o1. The molecule has 0 aliphatic carbocycles. The predicted molar refractivity (Wildman–Crippen MR) is 125 cm³/mol. The number of rotatable bonds is 8. The molecule has 1 heterocycles. The van der Waals surface area contributed by atoms with Gasteiger partial charge in [0.2, 0.25) is 5.09 Å². The van der Waals surface area contributed by atoms with Gasteiger partial charge >= 0.3 is 5.97 Å². The van der Waals surface area contributed by atoms with Gasteiger partial charge in [0.15, 0.2) is 0 Å². The first-order chi connectivity index (χ1) is 15.9. The van der Waals surface area contributed by atoms with E-state index in [0.717, 1.165) is 5.56 Å². The predicted octanol–water partition coefficient (Wildman–Crippen LogP) is 5.30. The van der Waals surface area contributed by atoms with Gasteiger partial charge in [0.25, 0.3) is 10.0 Å². The van der Waals surface area contributed by atoms with Crippen LogP contribution < -0.4 is 9.46 Å². The number of furan rings is 1. The monoisotopic (exact) mass is 485 g/mol. The van der Waals surface area contributed by atoms with Gasteiger partial charge in [-0.25, -0.2) is 4.79 Å². The Morgan fingerprint density at radius 3 is 2.58 bits per heavy atom. The van der Waals surface area contributed by atoms with E-state index in [9.17, 15) is 13.2 Å². The average molecular weight is 486 g/mol. The van der Waals surface area contributed by atoms with Gasteiger partial charge in [-0.15, -0.1) is 0 Å². The Balaban J connectivity index is 1.53. The number of benzene rings is 3. The zero-order valence-corrected chi connectivity index (χ0v) is 19.2. The molecule has 0 amide bonds. The van der Waals surface area contributed by atoms with Gasteiger partial charge < -0.3 is 13.9 Å². The van der Waals surface area contributed by atoms with Crippen molar-refractivity contribution < 1.29 is 27.1 Å². The van der Waals surface area contributed by atoms with E-state index in [2.05, 4.69) is 4.72 Å². The average Bonchev–Trinajstić information content (AvgIpc) is 3.26. The molecule has 4 rings (SSSR count). The molecule has 0 atom stereocenters. The summed E-state index contributed by atoms with van der Waals surface area (Å²) < 4.78 is 44.5. The number of sulfonamides is 1. The van der Waals surface area contributed by atoms with Gasteiger partial charge in [-0.05, 0) is 35.9 Å². The second-order valence-electron chi connectivity index (χ2n) is 7.10. The highest BCUT2D eigenvalue weighted by Crippen LogP contribution is 2.31. The highest BCUT2D eigenvalue weighted by atomic mass is 35.5. The standard InChI is InChI=1S/C24H20ClNO6S/c1-30-24(27)19-8-4-2-6-16(19)12-13-31-22-11-10-18(25)15-20(22)26-33(28,29)23-14-17-7-3-5-9-21(17)32-23/h2-11,14-15,26H,12-13H2,1H3. The lowest BCUT2D eigenvalue weighted by Gasteiger charge is -2.14. The van der Waals surface area contributed by atoms with Crippen LogP contribution in [0.2, 0.25) is 5.02 Å². The van der Waals surface area contributed by atoms with Crippen LogP contribution in [0.5, 0.6) is 5.75 Å². The van der Waals surface area contributed by atoms with Crippen molar-refractivity contribution in [1.29, 1.82) is 0 Å². The van der Waals surface area contributed by atoms with E-state index >= 15 is 0 Å². The summed E-state index contributed by atoms with van der Waals surface area (Å²) in [5, 5.41) is 0.784. The molecule has 0 saturated heterocycles. The Kier molecular flexibility index (Phi) is 6.57. The van der Waals surface area contributed by atoms with E-state index in [-0.39, 0.29) is 23.1 Å². The zero-order chi connectivity index (χ0) is 23.4. The summed E-state index contributed by atoms with van der Waals surface area (Å²) in [7, 11) is -2.71. The molecule has 0 bridgehead atoms. The maximum atomic E-state index is 12.9. The summed E-state index contributed by atoms with van der Waals surface area (Å²) in [4.78, 5) is 12.0. The highest BCUT2D eigenvalue weighted by molar-refractivity contribution is 7.92. The molecular formula is C24H20ClNO6S. The minimum absolute atomic E-state index is 0.171. The Hall–Kier alpha value is -3.49. The van der Waals surface area contributed by atoms with E-state index < -0.39 is 16.0 Å². The number of carbonyl (C=O) groups is 1. The number of carbonyl (C=O) groups excluding carboxylic acids is 1. The lowest BCUT2D eigenvalue weighted by molar-refractivity contribution is 0.0599. The topological polar surface area (TPSA) is 94.8 Å². The minimum atomic E-state index is -4.03. The second kappa shape index (κ2) is 9.56. The van der Waals surface area contributed by atoms with Crippen molar-refractivity contribution in [2.45, 2.75) is 11.5 Å². The van der Waals surface area contributed by atoms with Crippen molar-refractivity contribution in [3.8, 4) is 5.75 Å². The van der Waals surface area contributed by atoms with Crippen LogP contribution in [0.3, 0.4) is 0 Å². The quantitative estimate of drug-likeness (QED) is 0.340. The first-order valence-corrected chi connectivity index (χ1v) is 11.8. The normalized spacial score (nSPS) is 11.3. The molecule has 0 fully saturated rings. The van der Waals surface area contributed by atoms with Crippen LogP contribution in [0.25, 0.3) is 11.0 Å². The Morgan fingerprint density at radius 1 is 1.03 bits per heavy atom. The maximum absolute atomic E-state index is 12.9. The van der Waals surface area contributed by atoms with Gasteiger partial charge in [-0.2, -0.15) is 8.42 Å². The molecule has 0 radical (unpaired) electrons. The molecule has 4 aromatic rings. The number of nitrogens with one attached hydrogen (secondary N) is 1. The number of fused-ring (bicyclic) bond motifs is 1. The molecule has 3 aromatic carbocycles. The van der Waals surface area contributed by atoms with Crippen LogP contribution in [0.4, 0.5) is 5.69 Å². The van der Waals surface area contributed by atoms with E-state index in [1.165, 1.54) is 19.2 Å². The van der Waals surface area contributed by atoms with Gasteiger partial charge in [0.1, 0.15) is 11.3 Å². The molecule has 9 heteroatoms. The fourth-order valence-electron chi connectivity index (χ4n) is 3.31. The largest absolute Gasteiger partial charge is 0.491 e. The fourth-order valence-corrected chi connectivity index (χ4v) is 4.51. The van der Waals surface area contributed by atoms with E-state index in [1.54, 1.807) is 48.5 Å². The van der Waals surface area contributed by atoms with Crippen LogP contribution in [0, 0.1) is 0 Å². The third kappa shape index (κ3) is 5.13. The van der Waals surface area contributed by atoms with Gasteiger partial charge in [-0.3, -0.25) is 4.72 Å². The number of para-hydroxylation sites is 1. The molecule has 0 aliphatic rings. The fraction of sp³-hybridized carbons (Fsp3) is 0.125. The van der Waals surface area contributed by atoms with Crippen molar-refractivity contribution in [3.05, 3.63) is 88.9 Å². The molecule has 0 saturated carbocycles. The molecule has 7 nitrogen and oxygen atoms in total. The van der Waals surface area contributed by atoms with E-state index in [0.29, 0.717) is 28.0 Å². The third-order valence-corrected chi connectivity index (χ3v) is 6.36. The van der Waals surface area contributed by atoms with Crippen LogP contribution in [0.15, 0.2) is 82.3 Å². The van der Waals surface area contributed by atoms with Gasteiger partial charge in [0, 0.05) is 22.9 Å². The Morgan fingerprint density at radius 2 is 1.79 bits per heavy atom. The van der Waals surface area contributed by atoms with Gasteiger partial charge in [0.05, 0.1) is 25.0 Å². The summed E-state index contributed by atoms with van der Waals surface area (Å²) in [6.45, 7) is 0.189. The van der Waals surface area contributed by atoms with Crippen LogP contribution >= 0.6 is 11.6 Å². The summed E-state index contributed by atoms with van der Waals surface area (Å²) in [6, 6.07) is 20.1. The zero-order valence-electron chi connectivity index (χ0n) is 17.6. The first-order valence-electron chi connectivity index (χ1n) is 9.97. The smallest absolute Gasteiger partial charge is 0.338 e. The van der Waals surface area contributed by atoms with Crippen LogP contribution in [-0.4, -0.2) is 28.1 Å². The lowest BCUT2D eigenvalue weighted by Crippen LogP contribution is -2.14. The van der Waals surface area contributed by atoms with Gasteiger partial charge in [-0.1, -0.05) is 48.0 Å². The number of anilines is 1. The molecule has 0 aliphatic heterocycles.